The van der Waals surface area contributed by atoms with Gasteiger partial charge in [-0.3, -0.25) is 14.9 Å². The predicted octanol–water partition coefficient (Wildman–Crippen LogP) is 5.30. The van der Waals surface area contributed by atoms with Crippen LogP contribution in [-0.4, -0.2) is 56.0 Å². The van der Waals surface area contributed by atoms with Crippen LogP contribution < -0.4 is 16.0 Å². The summed E-state index contributed by atoms with van der Waals surface area (Å²) < 4.78 is 0. The molecule has 11 heteroatoms. The summed E-state index contributed by atoms with van der Waals surface area (Å²) in [5.41, 5.74) is 0.510. The van der Waals surface area contributed by atoms with Crippen LogP contribution in [0.3, 0.4) is 0 Å². The first kappa shape index (κ1) is 30.1. The van der Waals surface area contributed by atoms with Gasteiger partial charge in [-0.2, -0.15) is 0 Å². The Hall–Kier alpha value is -2.40. The molecule has 210 valence electrons. The Balaban J connectivity index is 1.68. The van der Waals surface area contributed by atoms with E-state index in [9.17, 15) is 19.7 Å². The highest BCUT2D eigenvalue weighted by Crippen LogP contribution is 2.28. The first-order valence-corrected chi connectivity index (χ1v) is 15.0. The molecule has 0 spiro atoms. The fraction of sp³-hybridized carbons (Fsp3) is 0.667. The topological polar surface area (TPSA) is 117 Å². The third kappa shape index (κ3) is 8.83. The Kier molecular flexibility index (Phi) is 10.8. The number of rotatable bonds is 9. The highest BCUT2D eigenvalue weighted by Gasteiger charge is 2.37. The molecule has 3 amide bonds. The van der Waals surface area contributed by atoms with Crippen molar-refractivity contribution in [2.24, 2.45) is 5.92 Å². The fourth-order valence-corrected chi connectivity index (χ4v) is 6.46. The standard InChI is InChI=1S/C27H41N5O4S2/c1-18(20-11-13-21(14-12-20)32(35)36)28-25(37)22(15-10-19-8-6-5-7-9-19)29-24(33)23-16-38-17-31(23)26(34)30-27(2,3)4/h11-14,18-19,22-23H,5-10,15-17H2,1-4H3,(H,28,37)(H,29,33)(H,30,34)/t18-,22-,23+/m1/s1. The smallest absolute Gasteiger partial charge is 0.319 e. The van der Waals surface area contributed by atoms with Crippen molar-refractivity contribution in [3.05, 3.63) is 39.9 Å². The number of non-ortho nitro benzene ring substituents is 1. The van der Waals surface area contributed by atoms with E-state index >= 15 is 0 Å². The summed E-state index contributed by atoms with van der Waals surface area (Å²) in [5.74, 6) is 1.44. The van der Waals surface area contributed by atoms with Crippen molar-refractivity contribution < 1.29 is 14.5 Å². The van der Waals surface area contributed by atoms with Gasteiger partial charge < -0.3 is 20.9 Å². The average molecular weight is 564 g/mol. The van der Waals surface area contributed by atoms with Crippen molar-refractivity contribution in [2.45, 2.75) is 96.3 Å². The lowest BCUT2D eigenvalue weighted by atomic mass is 9.85. The van der Waals surface area contributed by atoms with E-state index < -0.39 is 16.5 Å². The molecule has 2 fully saturated rings. The zero-order chi connectivity index (χ0) is 27.9. The SMILES string of the molecule is C[C@@H](NC(=S)[C@@H](CCC1CCCCC1)NC(=O)[C@@H]1CSCN1C(=O)NC(C)(C)C)c1ccc([N+](=O)[O-])cc1. The number of nitro benzene ring substituents is 1. The van der Waals surface area contributed by atoms with Crippen molar-refractivity contribution in [1.29, 1.82) is 0 Å². The molecule has 1 aliphatic carbocycles. The van der Waals surface area contributed by atoms with Gasteiger partial charge in [0.2, 0.25) is 5.91 Å². The number of hydrogen-bond acceptors (Lipinski definition) is 6. The molecule has 2 aliphatic rings. The Bertz CT molecular complexity index is 992. The molecule has 1 aliphatic heterocycles. The summed E-state index contributed by atoms with van der Waals surface area (Å²) in [7, 11) is 0. The van der Waals surface area contributed by atoms with Gasteiger partial charge in [0.15, 0.2) is 0 Å². The van der Waals surface area contributed by atoms with Crippen molar-refractivity contribution >= 4 is 46.6 Å². The van der Waals surface area contributed by atoms with Gasteiger partial charge in [0, 0.05) is 29.5 Å². The number of amides is 3. The van der Waals surface area contributed by atoms with Crippen LogP contribution in [0, 0.1) is 16.0 Å². The van der Waals surface area contributed by atoms with E-state index in [0.717, 1.165) is 18.4 Å². The van der Waals surface area contributed by atoms with E-state index in [1.165, 1.54) is 44.2 Å². The number of carbonyl (C=O) groups is 2. The normalized spacial score (nSPS) is 19.9. The fourth-order valence-electron chi connectivity index (χ4n) is 4.95. The van der Waals surface area contributed by atoms with E-state index in [1.54, 1.807) is 28.8 Å². The Morgan fingerprint density at radius 1 is 1.16 bits per heavy atom. The van der Waals surface area contributed by atoms with E-state index in [4.69, 9.17) is 12.2 Å². The maximum atomic E-state index is 13.5. The summed E-state index contributed by atoms with van der Waals surface area (Å²) in [4.78, 5) is 39.0. The van der Waals surface area contributed by atoms with Gasteiger partial charge >= 0.3 is 6.03 Å². The molecule has 1 saturated carbocycles. The minimum absolute atomic E-state index is 0.0376. The molecule has 3 atom stereocenters. The van der Waals surface area contributed by atoms with Crippen LogP contribution >= 0.6 is 24.0 Å². The first-order chi connectivity index (χ1) is 17.9. The van der Waals surface area contributed by atoms with Gasteiger partial charge in [0.1, 0.15) is 6.04 Å². The summed E-state index contributed by atoms with van der Waals surface area (Å²) in [6, 6.07) is 5.04. The molecule has 0 radical (unpaired) electrons. The number of nitro groups is 1. The van der Waals surface area contributed by atoms with Crippen molar-refractivity contribution in [1.82, 2.24) is 20.9 Å². The number of thioether (sulfide) groups is 1. The van der Waals surface area contributed by atoms with Gasteiger partial charge in [-0.15, -0.1) is 11.8 Å². The molecular weight excluding hydrogens is 522 g/mol. The number of hydrogen-bond donors (Lipinski definition) is 3. The Morgan fingerprint density at radius 2 is 1.82 bits per heavy atom. The van der Waals surface area contributed by atoms with Crippen molar-refractivity contribution in [2.75, 3.05) is 11.6 Å². The molecule has 1 aromatic carbocycles. The van der Waals surface area contributed by atoms with Crippen LogP contribution in [0.1, 0.15) is 84.2 Å². The number of thiocarbonyl (C=S) groups is 1. The summed E-state index contributed by atoms with van der Waals surface area (Å²) in [6.45, 7) is 7.70. The molecule has 1 saturated heterocycles. The molecule has 0 unspecified atom stereocenters. The van der Waals surface area contributed by atoms with Crippen LogP contribution in [0.15, 0.2) is 24.3 Å². The third-order valence-corrected chi connectivity index (χ3v) is 8.53. The largest absolute Gasteiger partial charge is 0.371 e. The molecule has 0 aromatic heterocycles. The van der Waals surface area contributed by atoms with Gasteiger partial charge in [-0.25, -0.2) is 4.79 Å². The summed E-state index contributed by atoms with van der Waals surface area (Å²) in [6.07, 6.45) is 7.91. The number of benzene rings is 1. The van der Waals surface area contributed by atoms with Crippen LogP contribution in [0.5, 0.6) is 0 Å². The third-order valence-electron chi connectivity index (χ3n) is 7.11. The molecule has 9 nitrogen and oxygen atoms in total. The maximum Gasteiger partial charge on any atom is 0.319 e. The lowest BCUT2D eigenvalue weighted by molar-refractivity contribution is -0.384. The van der Waals surface area contributed by atoms with Crippen LogP contribution in [0.25, 0.3) is 0 Å². The number of nitrogens with zero attached hydrogens (tertiary/aromatic N) is 2. The molecule has 0 bridgehead atoms. The Morgan fingerprint density at radius 3 is 2.42 bits per heavy atom. The van der Waals surface area contributed by atoms with E-state index in [1.807, 2.05) is 27.7 Å². The number of carbonyl (C=O) groups excluding carboxylic acids is 2. The average Bonchev–Trinajstić information content (AvgIpc) is 3.36. The minimum atomic E-state index is -0.561. The van der Waals surface area contributed by atoms with Crippen LogP contribution in [0.4, 0.5) is 10.5 Å². The van der Waals surface area contributed by atoms with Gasteiger partial charge in [0.05, 0.1) is 21.8 Å². The van der Waals surface area contributed by atoms with Gasteiger partial charge in [-0.1, -0.05) is 56.5 Å². The molecular formula is C27H41N5O4S2. The predicted molar refractivity (Wildman–Crippen MR) is 156 cm³/mol. The van der Waals surface area contributed by atoms with Crippen LogP contribution in [0.2, 0.25) is 0 Å². The van der Waals surface area contributed by atoms with E-state index in [-0.39, 0.29) is 29.7 Å². The second kappa shape index (κ2) is 13.6. The van der Waals surface area contributed by atoms with Crippen molar-refractivity contribution in [3.63, 3.8) is 0 Å². The molecule has 38 heavy (non-hydrogen) atoms. The quantitative estimate of drug-likeness (QED) is 0.212. The molecule has 1 heterocycles. The van der Waals surface area contributed by atoms with Gasteiger partial charge in [0.25, 0.3) is 5.69 Å². The first-order valence-electron chi connectivity index (χ1n) is 13.5. The minimum Gasteiger partial charge on any atom is -0.371 e. The lowest BCUT2D eigenvalue weighted by Crippen LogP contribution is -2.56. The highest BCUT2D eigenvalue weighted by molar-refractivity contribution is 7.99. The zero-order valence-electron chi connectivity index (χ0n) is 22.8. The van der Waals surface area contributed by atoms with Crippen LogP contribution in [-0.2, 0) is 4.79 Å². The molecule has 3 N–H and O–H groups in total. The lowest BCUT2D eigenvalue weighted by Gasteiger charge is -2.31. The van der Waals surface area contributed by atoms with E-state index in [2.05, 4.69) is 16.0 Å². The zero-order valence-corrected chi connectivity index (χ0v) is 24.5. The molecule has 1 aromatic rings. The Labute approximate surface area is 235 Å². The second-order valence-electron chi connectivity index (χ2n) is 11.4. The van der Waals surface area contributed by atoms with E-state index in [0.29, 0.717) is 22.5 Å². The second-order valence-corrected chi connectivity index (χ2v) is 12.8. The highest BCUT2D eigenvalue weighted by atomic mass is 32.2. The maximum absolute atomic E-state index is 13.5. The summed E-state index contributed by atoms with van der Waals surface area (Å²) >= 11 is 7.36. The van der Waals surface area contributed by atoms with Gasteiger partial charge in [-0.05, 0) is 52.0 Å². The van der Waals surface area contributed by atoms with Crippen molar-refractivity contribution in [3.8, 4) is 0 Å². The number of urea groups is 1. The molecule has 3 rings (SSSR count). The number of nitrogens with one attached hydrogen (secondary N) is 3. The monoisotopic (exact) mass is 563 g/mol. The summed E-state index contributed by atoms with van der Waals surface area (Å²) in [5, 5.41) is 20.5.